The van der Waals surface area contributed by atoms with E-state index in [1.54, 1.807) is 37.6 Å². The summed E-state index contributed by atoms with van der Waals surface area (Å²) >= 11 is 1.13. The van der Waals surface area contributed by atoms with E-state index in [4.69, 9.17) is 15.6 Å². The van der Waals surface area contributed by atoms with Crippen molar-refractivity contribution >= 4 is 28.5 Å². The van der Waals surface area contributed by atoms with Crippen LogP contribution in [0.25, 0.3) is 0 Å². The number of carbonyl (C=O) groups is 1. The number of carbonyl (C=O) groups excluding carboxylic acids is 1. The van der Waals surface area contributed by atoms with Crippen molar-refractivity contribution in [2.24, 2.45) is 0 Å². The van der Waals surface area contributed by atoms with E-state index in [1.165, 1.54) is 0 Å². The lowest BCUT2D eigenvalue weighted by Crippen LogP contribution is -2.51. The van der Waals surface area contributed by atoms with Crippen LogP contribution in [-0.4, -0.2) is 30.2 Å². The summed E-state index contributed by atoms with van der Waals surface area (Å²) in [7, 11) is 1.56. The highest BCUT2D eigenvalue weighted by atomic mass is 32.2. The first kappa shape index (κ1) is 13.2. The molecule has 0 saturated heterocycles. The molecule has 0 bridgehead atoms. The minimum atomic E-state index is -0.477. The topological polar surface area (TPSA) is 87.8 Å². The van der Waals surface area contributed by atoms with Gasteiger partial charge in [0, 0.05) is 0 Å². The van der Waals surface area contributed by atoms with Crippen molar-refractivity contribution < 1.29 is 14.9 Å². The van der Waals surface area contributed by atoms with Crippen molar-refractivity contribution in [1.29, 1.82) is 5.41 Å². The van der Waals surface area contributed by atoms with E-state index in [-0.39, 0.29) is 10.9 Å². The Morgan fingerprint density at radius 1 is 1.41 bits per heavy atom. The largest absolute Gasteiger partial charge is 0.497 e. The van der Waals surface area contributed by atoms with Crippen LogP contribution in [0.2, 0.25) is 0 Å². The number of methoxy groups -OCH3 is 1. The van der Waals surface area contributed by atoms with Crippen LogP contribution in [-0.2, 0) is 4.79 Å². The molecule has 5 nitrogen and oxygen atoms in total. The SMILES string of the molecule is COc1ccc(C(=[NH2+])C(=O)NC(=N)SC)cc1. The maximum Gasteiger partial charge on any atom is 0.322 e. The number of ether oxygens (including phenoxy) is 1. The molecular weight excluding hydrogens is 238 g/mol. The van der Waals surface area contributed by atoms with Crippen molar-refractivity contribution in [1.82, 2.24) is 5.32 Å². The third-order valence-electron chi connectivity index (χ3n) is 2.08. The first-order valence-electron chi connectivity index (χ1n) is 4.79. The molecule has 0 saturated carbocycles. The summed E-state index contributed by atoms with van der Waals surface area (Å²) < 4.78 is 5.00. The smallest absolute Gasteiger partial charge is 0.322 e. The lowest BCUT2D eigenvalue weighted by Gasteiger charge is -2.03. The summed E-state index contributed by atoms with van der Waals surface area (Å²) in [5.74, 6) is 0.216. The van der Waals surface area contributed by atoms with Gasteiger partial charge in [0.15, 0.2) is 5.17 Å². The maximum atomic E-state index is 11.6. The van der Waals surface area contributed by atoms with Gasteiger partial charge in [-0.05, 0) is 30.5 Å². The van der Waals surface area contributed by atoms with Crippen molar-refractivity contribution in [3.8, 4) is 5.75 Å². The Balaban J connectivity index is 2.74. The summed E-state index contributed by atoms with van der Waals surface area (Å²) in [6.45, 7) is 0. The molecule has 1 aromatic rings. The molecular formula is C11H14N3O2S+. The molecule has 0 fully saturated rings. The quantitative estimate of drug-likeness (QED) is 0.508. The third kappa shape index (κ3) is 3.60. The highest BCUT2D eigenvalue weighted by Crippen LogP contribution is 2.11. The monoisotopic (exact) mass is 252 g/mol. The molecule has 90 valence electrons. The predicted molar refractivity (Wildman–Crippen MR) is 68.4 cm³/mol. The van der Waals surface area contributed by atoms with Crippen LogP contribution in [0.4, 0.5) is 0 Å². The number of thioether (sulfide) groups is 1. The Morgan fingerprint density at radius 2 is 2.00 bits per heavy atom. The number of nitrogens with two attached hydrogens (primary N) is 1. The van der Waals surface area contributed by atoms with E-state index < -0.39 is 5.91 Å². The first-order chi connectivity index (χ1) is 8.08. The molecule has 17 heavy (non-hydrogen) atoms. The molecule has 1 rings (SSSR count). The standard InChI is InChI=1S/C11H13N3O2S/c1-16-8-5-3-7(4-6-8)9(12)10(15)14-11(13)17-2/h3-6,12H,1-2H3,(H2,13,14,15)/p+1. The van der Waals surface area contributed by atoms with Gasteiger partial charge >= 0.3 is 5.91 Å². The second-order valence-corrected chi connectivity index (χ2v) is 3.95. The average Bonchev–Trinajstić information content (AvgIpc) is 2.37. The molecule has 0 spiro atoms. The third-order valence-corrected chi connectivity index (χ3v) is 2.59. The maximum absolute atomic E-state index is 11.6. The van der Waals surface area contributed by atoms with E-state index in [0.717, 1.165) is 11.8 Å². The lowest BCUT2D eigenvalue weighted by molar-refractivity contribution is -0.134. The van der Waals surface area contributed by atoms with E-state index in [1.807, 2.05) is 0 Å². The van der Waals surface area contributed by atoms with Gasteiger partial charge in [-0.15, -0.1) is 0 Å². The van der Waals surface area contributed by atoms with E-state index in [2.05, 4.69) is 5.32 Å². The van der Waals surface area contributed by atoms with Crippen LogP contribution in [0.1, 0.15) is 5.56 Å². The molecule has 0 atom stereocenters. The second kappa shape index (κ2) is 6.05. The fraction of sp³-hybridized carbons (Fsp3) is 0.182. The zero-order valence-corrected chi connectivity index (χ0v) is 10.4. The summed E-state index contributed by atoms with van der Waals surface area (Å²) in [5.41, 5.74) is 0.670. The summed E-state index contributed by atoms with van der Waals surface area (Å²) in [6, 6.07) is 6.82. The Kier molecular flexibility index (Phi) is 4.71. The van der Waals surface area contributed by atoms with Gasteiger partial charge in [-0.3, -0.25) is 15.5 Å². The summed E-state index contributed by atoms with van der Waals surface area (Å²) in [4.78, 5) is 11.6. The van der Waals surface area contributed by atoms with Gasteiger partial charge in [0.05, 0.1) is 12.7 Å². The molecule has 0 aromatic heterocycles. The molecule has 4 N–H and O–H groups in total. The van der Waals surface area contributed by atoms with E-state index >= 15 is 0 Å². The predicted octanol–water partition coefficient (Wildman–Crippen LogP) is -0.343. The average molecular weight is 252 g/mol. The normalized spacial score (nSPS) is 9.53. The zero-order chi connectivity index (χ0) is 12.8. The number of hydrogen-bond acceptors (Lipinski definition) is 4. The molecule has 6 heteroatoms. The molecule has 0 aliphatic heterocycles. The summed E-state index contributed by atoms with van der Waals surface area (Å²) in [6.07, 6.45) is 1.70. The Bertz CT molecular complexity index is 443. The second-order valence-electron chi connectivity index (χ2n) is 3.13. The Morgan fingerprint density at radius 3 is 2.47 bits per heavy atom. The van der Waals surface area contributed by atoms with Gasteiger partial charge in [-0.2, -0.15) is 0 Å². The van der Waals surface area contributed by atoms with Gasteiger partial charge in [0.1, 0.15) is 5.75 Å². The van der Waals surface area contributed by atoms with Crippen LogP contribution < -0.4 is 15.5 Å². The fourth-order valence-corrected chi connectivity index (χ4v) is 1.32. The summed E-state index contributed by atoms with van der Waals surface area (Å²) in [5, 5.41) is 15.5. The Labute approximate surface area is 104 Å². The highest BCUT2D eigenvalue weighted by Gasteiger charge is 2.18. The fourth-order valence-electron chi connectivity index (χ4n) is 1.12. The molecule has 1 amide bonds. The van der Waals surface area contributed by atoms with Crippen molar-refractivity contribution in [2.75, 3.05) is 13.4 Å². The van der Waals surface area contributed by atoms with Crippen molar-refractivity contribution in [3.63, 3.8) is 0 Å². The van der Waals surface area contributed by atoms with Gasteiger partial charge in [-0.25, -0.2) is 5.41 Å². The van der Waals surface area contributed by atoms with Gasteiger partial charge < -0.3 is 4.74 Å². The van der Waals surface area contributed by atoms with E-state index in [0.29, 0.717) is 11.3 Å². The number of amides is 1. The number of rotatable bonds is 3. The van der Waals surface area contributed by atoms with Crippen LogP contribution in [0.3, 0.4) is 0 Å². The highest BCUT2D eigenvalue weighted by molar-refractivity contribution is 8.13. The number of benzene rings is 1. The first-order valence-corrected chi connectivity index (χ1v) is 6.01. The van der Waals surface area contributed by atoms with Crippen LogP contribution in [0.5, 0.6) is 5.75 Å². The van der Waals surface area contributed by atoms with Crippen molar-refractivity contribution in [2.45, 2.75) is 0 Å². The van der Waals surface area contributed by atoms with Gasteiger partial charge in [0.25, 0.3) is 5.71 Å². The van der Waals surface area contributed by atoms with Crippen LogP contribution in [0.15, 0.2) is 24.3 Å². The number of nitrogens with one attached hydrogen (secondary N) is 2. The zero-order valence-electron chi connectivity index (χ0n) is 9.61. The van der Waals surface area contributed by atoms with Crippen molar-refractivity contribution in [3.05, 3.63) is 29.8 Å². The number of amidine groups is 1. The minimum absolute atomic E-state index is 0.0615. The molecule has 0 heterocycles. The molecule has 0 aliphatic carbocycles. The minimum Gasteiger partial charge on any atom is -0.497 e. The molecule has 1 aromatic carbocycles. The molecule has 0 unspecified atom stereocenters. The molecule has 0 aliphatic rings. The van der Waals surface area contributed by atoms with Crippen LogP contribution in [0, 0.1) is 5.41 Å². The van der Waals surface area contributed by atoms with Crippen LogP contribution >= 0.6 is 11.8 Å². The van der Waals surface area contributed by atoms with Gasteiger partial charge in [-0.1, -0.05) is 11.8 Å². The molecule has 0 radical (unpaired) electrons. The van der Waals surface area contributed by atoms with Gasteiger partial charge in [0.2, 0.25) is 0 Å². The Hall–Kier alpha value is -1.82. The number of hydrogen-bond donors (Lipinski definition) is 3. The van der Waals surface area contributed by atoms with E-state index in [9.17, 15) is 4.79 Å². The lowest BCUT2D eigenvalue weighted by atomic mass is 10.1.